The van der Waals surface area contributed by atoms with Gasteiger partial charge in [-0.25, -0.2) is 4.98 Å². The van der Waals surface area contributed by atoms with Gasteiger partial charge in [-0.2, -0.15) is 0 Å². The fourth-order valence-electron chi connectivity index (χ4n) is 3.37. The highest BCUT2D eigenvalue weighted by atomic mass is 32.1. The van der Waals surface area contributed by atoms with Gasteiger partial charge in [0.2, 0.25) is 5.91 Å². The minimum absolute atomic E-state index is 0.0115. The van der Waals surface area contributed by atoms with E-state index in [1.54, 1.807) is 15.2 Å². The zero-order valence-electron chi connectivity index (χ0n) is 14.7. The van der Waals surface area contributed by atoms with Crippen LogP contribution in [0, 0.1) is 0 Å². The summed E-state index contributed by atoms with van der Waals surface area (Å²) in [5.74, 6) is -0.662. The fraction of sp³-hybridized carbons (Fsp3) is 0.368. The summed E-state index contributed by atoms with van der Waals surface area (Å²) in [5, 5.41) is 2.37. The van der Waals surface area contributed by atoms with Crippen LogP contribution in [-0.2, 0) is 32.0 Å². The lowest BCUT2D eigenvalue weighted by Gasteiger charge is -2.17. The molecule has 3 heterocycles. The van der Waals surface area contributed by atoms with Crippen LogP contribution in [0.2, 0.25) is 0 Å². The van der Waals surface area contributed by atoms with E-state index in [1.807, 2.05) is 24.3 Å². The molecule has 2 aliphatic rings. The van der Waals surface area contributed by atoms with Crippen molar-refractivity contribution in [3.05, 3.63) is 40.9 Å². The smallest absolute Gasteiger partial charge is 0.312 e. The molecule has 7 nitrogen and oxygen atoms in total. The zero-order chi connectivity index (χ0) is 18.8. The first kappa shape index (κ1) is 17.7. The number of hydrogen-bond donors (Lipinski definition) is 0. The Labute approximate surface area is 160 Å². The summed E-state index contributed by atoms with van der Waals surface area (Å²) in [7, 11) is 0. The van der Waals surface area contributed by atoms with Crippen LogP contribution in [-0.4, -0.2) is 42.5 Å². The third-order valence-electron chi connectivity index (χ3n) is 4.71. The van der Waals surface area contributed by atoms with Gasteiger partial charge in [0.1, 0.15) is 0 Å². The number of carbonyl (C=O) groups is 3. The first-order chi connectivity index (χ1) is 13.1. The van der Waals surface area contributed by atoms with Crippen molar-refractivity contribution in [3.8, 4) is 0 Å². The van der Waals surface area contributed by atoms with Crippen molar-refractivity contribution in [3.63, 3.8) is 0 Å². The van der Waals surface area contributed by atoms with E-state index >= 15 is 0 Å². The van der Waals surface area contributed by atoms with Gasteiger partial charge in [0, 0.05) is 30.6 Å². The van der Waals surface area contributed by atoms with Crippen molar-refractivity contribution in [1.29, 1.82) is 0 Å². The summed E-state index contributed by atoms with van der Waals surface area (Å²) in [6, 6.07) is 7.74. The molecular weight excluding hydrogens is 366 g/mol. The molecule has 0 aliphatic carbocycles. The molecule has 8 heteroatoms. The lowest BCUT2D eigenvalue weighted by molar-refractivity contribution is -0.147. The minimum atomic E-state index is -0.500. The Morgan fingerprint density at radius 2 is 2.04 bits per heavy atom. The number of amides is 2. The van der Waals surface area contributed by atoms with E-state index in [-0.39, 0.29) is 24.8 Å². The molecule has 2 amide bonds. The summed E-state index contributed by atoms with van der Waals surface area (Å²) in [5.41, 5.74) is 2.57. The number of thiazole rings is 1. The Hall–Kier alpha value is -2.74. The number of fused-ring (bicyclic) bond motifs is 1. The van der Waals surface area contributed by atoms with Crippen LogP contribution in [0.1, 0.15) is 24.1 Å². The van der Waals surface area contributed by atoms with Crippen LogP contribution < -0.4 is 9.80 Å². The van der Waals surface area contributed by atoms with Crippen LogP contribution in [0.3, 0.4) is 0 Å². The van der Waals surface area contributed by atoms with Crippen molar-refractivity contribution in [1.82, 2.24) is 4.98 Å². The Morgan fingerprint density at radius 1 is 1.19 bits per heavy atom. The monoisotopic (exact) mass is 385 g/mol. The highest BCUT2D eigenvalue weighted by Crippen LogP contribution is 2.28. The highest BCUT2D eigenvalue weighted by molar-refractivity contribution is 7.14. The molecule has 0 atom stereocenters. The summed E-state index contributed by atoms with van der Waals surface area (Å²) in [4.78, 5) is 43.8. The lowest BCUT2D eigenvalue weighted by Crippen LogP contribution is -2.33. The van der Waals surface area contributed by atoms with Crippen molar-refractivity contribution < 1.29 is 19.1 Å². The van der Waals surface area contributed by atoms with E-state index in [9.17, 15) is 14.4 Å². The van der Waals surface area contributed by atoms with E-state index in [2.05, 4.69) is 4.98 Å². The SMILES string of the molecule is O=C(Cc1csc(N2CCCC2=O)n1)OCC(=O)N1CCc2ccccc21. The number of benzene rings is 1. The maximum absolute atomic E-state index is 12.4. The fourth-order valence-corrected chi connectivity index (χ4v) is 4.24. The maximum atomic E-state index is 12.4. The number of carbonyl (C=O) groups excluding carboxylic acids is 3. The third kappa shape index (κ3) is 3.71. The molecule has 4 rings (SSSR count). The molecule has 1 aromatic heterocycles. The number of hydrogen-bond acceptors (Lipinski definition) is 6. The van der Waals surface area contributed by atoms with Crippen LogP contribution in [0.5, 0.6) is 0 Å². The van der Waals surface area contributed by atoms with Gasteiger partial charge in [0.25, 0.3) is 5.91 Å². The molecule has 0 N–H and O–H groups in total. The molecule has 1 saturated heterocycles. The topological polar surface area (TPSA) is 79.8 Å². The van der Waals surface area contributed by atoms with Crippen molar-refractivity contribution in [2.24, 2.45) is 0 Å². The van der Waals surface area contributed by atoms with Gasteiger partial charge >= 0.3 is 5.97 Å². The second-order valence-corrected chi connectivity index (χ2v) is 7.37. The van der Waals surface area contributed by atoms with Gasteiger partial charge in [-0.15, -0.1) is 11.3 Å². The van der Waals surface area contributed by atoms with E-state index in [0.29, 0.717) is 30.3 Å². The second-order valence-electron chi connectivity index (χ2n) is 6.53. The van der Waals surface area contributed by atoms with Crippen molar-refractivity contribution >= 4 is 39.9 Å². The predicted octanol–water partition coefficient (Wildman–Crippen LogP) is 1.94. The van der Waals surface area contributed by atoms with E-state index < -0.39 is 5.97 Å². The van der Waals surface area contributed by atoms with Gasteiger partial charge in [0.05, 0.1) is 12.1 Å². The first-order valence-electron chi connectivity index (χ1n) is 8.90. The summed E-state index contributed by atoms with van der Waals surface area (Å²) >= 11 is 1.34. The average molecular weight is 385 g/mol. The standard InChI is InChI=1S/C19H19N3O4S/c23-16-6-3-8-22(16)19-20-14(12-27-19)10-18(25)26-11-17(24)21-9-7-13-4-1-2-5-15(13)21/h1-2,4-5,12H,3,6-11H2. The van der Waals surface area contributed by atoms with E-state index in [4.69, 9.17) is 4.74 Å². The maximum Gasteiger partial charge on any atom is 0.312 e. The van der Waals surface area contributed by atoms with Gasteiger partial charge < -0.3 is 9.64 Å². The van der Waals surface area contributed by atoms with Gasteiger partial charge in [0.15, 0.2) is 11.7 Å². The summed E-state index contributed by atoms with van der Waals surface area (Å²) in [6.07, 6.45) is 2.17. The van der Waals surface area contributed by atoms with Crippen molar-refractivity contribution in [2.75, 3.05) is 29.5 Å². The second kappa shape index (κ2) is 7.48. The number of esters is 1. The largest absolute Gasteiger partial charge is 0.455 e. The van der Waals surface area contributed by atoms with Crippen LogP contribution in [0.25, 0.3) is 0 Å². The molecule has 0 unspecified atom stereocenters. The van der Waals surface area contributed by atoms with Crippen LogP contribution in [0.15, 0.2) is 29.6 Å². The Balaban J connectivity index is 1.30. The molecule has 0 bridgehead atoms. The van der Waals surface area contributed by atoms with Gasteiger partial charge in [-0.1, -0.05) is 18.2 Å². The van der Waals surface area contributed by atoms with Crippen molar-refractivity contribution in [2.45, 2.75) is 25.7 Å². The molecule has 27 heavy (non-hydrogen) atoms. The number of para-hydroxylation sites is 1. The third-order valence-corrected chi connectivity index (χ3v) is 5.63. The summed E-state index contributed by atoms with van der Waals surface area (Å²) in [6.45, 7) is 0.992. The molecule has 2 aromatic rings. The lowest BCUT2D eigenvalue weighted by atomic mass is 10.2. The average Bonchev–Trinajstić information content (AvgIpc) is 3.39. The molecule has 0 spiro atoms. The summed E-state index contributed by atoms with van der Waals surface area (Å²) < 4.78 is 5.15. The minimum Gasteiger partial charge on any atom is -0.455 e. The van der Waals surface area contributed by atoms with Crippen LogP contribution >= 0.6 is 11.3 Å². The normalized spacial score (nSPS) is 15.9. The molecule has 0 saturated carbocycles. The zero-order valence-corrected chi connectivity index (χ0v) is 15.5. The Kier molecular flexibility index (Phi) is 4.89. The Morgan fingerprint density at radius 3 is 2.85 bits per heavy atom. The molecular formula is C19H19N3O4S. The number of rotatable bonds is 5. The van der Waals surface area contributed by atoms with Gasteiger partial charge in [-0.3, -0.25) is 19.3 Å². The van der Waals surface area contributed by atoms with Crippen LogP contribution in [0.4, 0.5) is 10.8 Å². The Bertz CT molecular complexity index is 895. The molecule has 1 fully saturated rings. The molecule has 2 aliphatic heterocycles. The number of anilines is 2. The number of aromatic nitrogens is 1. The molecule has 140 valence electrons. The van der Waals surface area contributed by atoms with Gasteiger partial charge in [-0.05, 0) is 24.5 Å². The molecule has 1 aromatic carbocycles. The predicted molar refractivity (Wildman–Crippen MR) is 101 cm³/mol. The quantitative estimate of drug-likeness (QED) is 0.735. The number of nitrogens with zero attached hydrogens (tertiary/aromatic N) is 3. The van der Waals surface area contributed by atoms with E-state index in [0.717, 1.165) is 24.1 Å². The highest BCUT2D eigenvalue weighted by Gasteiger charge is 2.26. The van der Waals surface area contributed by atoms with E-state index in [1.165, 1.54) is 11.3 Å². The first-order valence-corrected chi connectivity index (χ1v) is 9.78. The number of ether oxygens (including phenoxy) is 1. The molecule has 0 radical (unpaired) electrons.